The predicted molar refractivity (Wildman–Crippen MR) is 213 cm³/mol. The summed E-state index contributed by atoms with van der Waals surface area (Å²) in [4.78, 5) is 10.8. The van der Waals surface area contributed by atoms with Gasteiger partial charge in [-0.3, -0.25) is 4.57 Å². The fourth-order valence-electron chi connectivity index (χ4n) is 8.00. The van der Waals surface area contributed by atoms with Crippen molar-refractivity contribution < 1.29 is 0 Å². The molecule has 0 fully saturated rings. The molecule has 0 aliphatic rings. The molecule has 0 spiro atoms. The van der Waals surface area contributed by atoms with Crippen molar-refractivity contribution in [3.63, 3.8) is 0 Å². The summed E-state index contributed by atoms with van der Waals surface area (Å²) in [7, 11) is 0. The highest BCUT2D eigenvalue weighted by Crippen LogP contribution is 2.47. The lowest BCUT2D eigenvalue weighted by molar-refractivity contribution is 1.02. The predicted octanol–water partition coefficient (Wildman–Crippen LogP) is 12.7. The molecule has 0 aliphatic carbocycles. The molecule has 0 radical (unpaired) electrons. The van der Waals surface area contributed by atoms with E-state index in [2.05, 4.69) is 168 Å². The van der Waals surface area contributed by atoms with Crippen LogP contribution in [0.5, 0.6) is 0 Å². The van der Waals surface area contributed by atoms with Crippen LogP contribution in [-0.4, -0.2) is 14.5 Å². The van der Waals surface area contributed by atoms with Crippen molar-refractivity contribution in [3.8, 4) is 28.3 Å². The van der Waals surface area contributed by atoms with E-state index in [-0.39, 0.29) is 0 Å². The second kappa shape index (κ2) is 10.6. The van der Waals surface area contributed by atoms with Gasteiger partial charge in [0, 0.05) is 37.2 Å². The van der Waals surface area contributed by atoms with Crippen molar-refractivity contribution in [1.82, 2.24) is 14.5 Å². The quantitative estimate of drug-likeness (QED) is 0.190. The van der Waals surface area contributed by atoms with E-state index in [0.717, 1.165) is 33.2 Å². The van der Waals surface area contributed by atoms with Crippen LogP contribution in [0, 0.1) is 0 Å². The van der Waals surface area contributed by atoms with Crippen LogP contribution in [-0.2, 0) is 0 Å². The Kier molecular flexibility index (Phi) is 5.83. The van der Waals surface area contributed by atoms with Gasteiger partial charge in [-0.15, -0.1) is 11.3 Å². The Morgan fingerprint density at radius 3 is 1.90 bits per heavy atom. The van der Waals surface area contributed by atoms with Crippen molar-refractivity contribution in [2.75, 3.05) is 0 Å². The van der Waals surface area contributed by atoms with E-state index in [9.17, 15) is 0 Å². The number of hydrogen-bond acceptors (Lipinski definition) is 3. The number of benzene rings is 8. The highest BCUT2D eigenvalue weighted by atomic mass is 32.1. The Bertz CT molecular complexity index is 3140. The van der Waals surface area contributed by atoms with Crippen LogP contribution in [0.3, 0.4) is 0 Å². The maximum atomic E-state index is 5.46. The molecule has 0 N–H and O–H groups in total. The van der Waals surface area contributed by atoms with Crippen LogP contribution in [0.2, 0.25) is 0 Å². The zero-order valence-electron chi connectivity index (χ0n) is 26.8. The maximum Gasteiger partial charge on any atom is 0.235 e. The molecule has 3 aromatic heterocycles. The molecule has 0 unspecified atom stereocenters. The SMILES string of the molecule is c1ccc2c(-c3ccc(-c4nc(-n5c6ccccc6c6c7ccccc7c7c8ccccc8sc7c65)nc5ccccc45)cc3)cccc2c1. The molecule has 0 saturated heterocycles. The summed E-state index contributed by atoms with van der Waals surface area (Å²) in [5, 5.41) is 11.1. The number of rotatable bonds is 3. The van der Waals surface area contributed by atoms with E-state index in [0.29, 0.717) is 5.95 Å². The van der Waals surface area contributed by atoms with E-state index in [1.807, 2.05) is 11.3 Å². The summed E-state index contributed by atoms with van der Waals surface area (Å²) in [5.74, 6) is 0.678. The Morgan fingerprint density at radius 2 is 1.06 bits per heavy atom. The number of fused-ring (bicyclic) bond motifs is 12. The monoisotopic (exact) mass is 653 g/mol. The van der Waals surface area contributed by atoms with Crippen LogP contribution in [0.4, 0.5) is 0 Å². The number of para-hydroxylation sites is 2. The molecule has 0 atom stereocenters. The van der Waals surface area contributed by atoms with Gasteiger partial charge in [0.2, 0.25) is 5.95 Å². The molecule has 232 valence electrons. The largest absolute Gasteiger partial charge is 0.276 e. The molecule has 11 rings (SSSR count). The first-order chi connectivity index (χ1) is 24.8. The highest BCUT2D eigenvalue weighted by Gasteiger charge is 2.23. The minimum atomic E-state index is 0.678. The van der Waals surface area contributed by atoms with Crippen molar-refractivity contribution in [1.29, 1.82) is 0 Å². The molecule has 0 amide bonds. The van der Waals surface area contributed by atoms with Crippen LogP contribution < -0.4 is 0 Å². The van der Waals surface area contributed by atoms with Gasteiger partial charge in [-0.25, -0.2) is 9.97 Å². The average molecular weight is 654 g/mol. The second-order valence-corrected chi connectivity index (χ2v) is 14.0. The van der Waals surface area contributed by atoms with E-state index >= 15 is 0 Å². The molecule has 0 saturated carbocycles. The van der Waals surface area contributed by atoms with E-state index < -0.39 is 0 Å². The molecule has 3 nitrogen and oxygen atoms in total. The first-order valence-electron chi connectivity index (χ1n) is 16.9. The lowest BCUT2D eigenvalue weighted by Gasteiger charge is -2.13. The number of aromatic nitrogens is 3. The molecule has 50 heavy (non-hydrogen) atoms. The Balaban J connectivity index is 1.21. The van der Waals surface area contributed by atoms with Gasteiger partial charge in [-0.2, -0.15) is 0 Å². The van der Waals surface area contributed by atoms with E-state index in [1.165, 1.54) is 63.6 Å². The molecule has 8 aromatic carbocycles. The first-order valence-corrected chi connectivity index (χ1v) is 17.7. The molecule has 11 aromatic rings. The number of thiophene rings is 1. The van der Waals surface area contributed by atoms with Gasteiger partial charge in [0.15, 0.2) is 0 Å². The summed E-state index contributed by atoms with van der Waals surface area (Å²) in [5.41, 5.74) is 7.59. The maximum absolute atomic E-state index is 5.46. The summed E-state index contributed by atoms with van der Waals surface area (Å²) >= 11 is 1.86. The highest BCUT2D eigenvalue weighted by molar-refractivity contribution is 7.27. The summed E-state index contributed by atoms with van der Waals surface area (Å²) in [6.07, 6.45) is 0. The number of hydrogen-bond donors (Lipinski definition) is 0. The zero-order valence-corrected chi connectivity index (χ0v) is 27.7. The van der Waals surface area contributed by atoms with Crippen molar-refractivity contribution >= 4 is 85.8 Å². The van der Waals surface area contributed by atoms with Gasteiger partial charge >= 0.3 is 0 Å². The zero-order chi connectivity index (χ0) is 32.8. The average Bonchev–Trinajstić information content (AvgIpc) is 3.75. The first kappa shape index (κ1) is 27.6. The fourth-order valence-corrected chi connectivity index (χ4v) is 9.26. The molecule has 0 bridgehead atoms. The standard InChI is InChI=1S/C46H27N3S/c1-2-14-31-28(12-1)13-11-20-32(31)29-24-26-30(27-25-29)43-35-17-5-8-21-38(35)47-46(48-43)49-39-22-9-6-18-36(39)41-33-15-3-4-16-34(33)42-37-19-7-10-23-40(37)50-45(42)44(41)49/h1-27H. The number of nitrogens with zero attached hydrogens (tertiary/aromatic N) is 3. The minimum absolute atomic E-state index is 0.678. The van der Waals surface area contributed by atoms with Gasteiger partial charge in [-0.1, -0.05) is 146 Å². The second-order valence-electron chi connectivity index (χ2n) is 12.9. The van der Waals surface area contributed by atoms with Crippen molar-refractivity contribution in [2.24, 2.45) is 0 Å². The van der Waals surface area contributed by atoms with Crippen LogP contribution in [0.1, 0.15) is 0 Å². The van der Waals surface area contributed by atoms with Gasteiger partial charge in [0.05, 0.1) is 26.9 Å². The van der Waals surface area contributed by atoms with Gasteiger partial charge in [-0.05, 0) is 50.9 Å². The summed E-state index contributed by atoms with van der Waals surface area (Å²) in [6.45, 7) is 0. The smallest absolute Gasteiger partial charge is 0.235 e. The van der Waals surface area contributed by atoms with Gasteiger partial charge < -0.3 is 0 Å². The molecular weight excluding hydrogens is 627 g/mol. The van der Waals surface area contributed by atoms with E-state index in [1.54, 1.807) is 0 Å². The van der Waals surface area contributed by atoms with E-state index in [4.69, 9.17) is 9.97 Å². The van der Waals surface area contributed by atoms with Crippen molar-refractivity contribution in [3.05, 3.63) is 164 Å². The molecule has 0 aliphatic heterocycles. The third-order valence-corrected chi connectivity index (χ3v) is 11.4. The summed E-state index contributed by atoms with van der Waals surface area (Å²) in [6, 6.07) is 58.7. The van der Waals surface area contributed by atoms with Gasteiger partial charge in [0.1, 0.15) is 0 Å². The molecule has 4 heteroatoms. The lowest BCUT2D eigenvalue weighted by Crippen LogP contribution is -2.03. The lowest BCUT2D eigenvalue weighted by atomic mass is 9.96. The molecule has 3 heterocycles. The Morgan fingerprint density at radius 1 is 0.440 bits per heavy atom. The van der Waals surface area contributed by atoms with Gasteiger partial charge in [0.25, 0.3) is 0 Å². The third-order valence-electron chi connectivity index (χ3n) is 10.2. The van der Waals surface area contributed by atoms with Crippen LogP contribution in [0.15, 0.2) is 164 Å². The van der Waals surface area contributed by atoms with Crippen LogP contribution >= 0.6 is 11.3 Å². The van der Waals surface area contributed by atoms with Crippen LogP contribution in [0.25, 0.3) is 103 Å². The summed E-state index contributed by atoms with van der Waals surface area (Å²) < 4.78 is 4.85. The Hall–Kier alpha value is -6.36. The molecular formula is C46H27N3S. The normalized spacial score (nSPS) is 12.0. The topological polar surface area (TPSA) is 30.7 Å². The third kappa shape index (κ3) is 3.91. The van der Waals surface area contributed by atoms with Crippen molar-refractivity contribution in [2.45, 2.75) is 0 Å². The Labute approximate surface area is 291 Å². The minimum Gasteiger partial charge on any atom is -0.276 e. The fraction of sp³-hybridized carbons (Fsp3) is 0.